The van der Waals surface area contributed by atoms with E-state index >= 15 is 0 Å². The number of carbonyl (C=O) groups excluding carboxylic acids is 2. The van der Waals surface area contributed by atoms with Crippen LogP contribution in [-0.2, 0) is 9.59 Å². The SMILES string of the molecule is Cc1ccc(NC(=O)C2CCN(C(=O)CC3CCCN3)CC2)nc1. The van der Waals surface area contributed by atoms with Crippen LogP contribution in [0.4, 0.5) is 5.82 Å². The third-order valence-electron chi connectivity index (χ3n) is 4.96. The van der Waals surface area contributed by atoms with Crippen LogP contribution in [0.5, 0.6) is 0 Å². The summed E-state index contributed by atoms with van der Waals surface area (Å²) in [5, 5.41) is 6.24. The number of rotatable bonds is 4. The lowest BCUT2D eigenvalue weighted by atomic mass is 9.95. The van der Waals surface area contributed by atoms with Gasteiger partial charge in [0.25, 0.3) is 0 Å². The van der Waals surface area contributed by atoms with Crippen LogP contribution < -0.4 is 10.6 Å². The van der Waals surface area contributed by atoms with Crippen LogP contribution >= 0.6 is 0 Å². The molecule has 2 amide bonds. The van der Waals surface area contributed by atoms with E-state index in [2.05, 4.69) is 15.6 Å². The molecule has 130 valence electrons. The Kier molecular flexibility index (Phi) is 5.45. The maximum atomic E-state index is 12.3. The van der Waals surface area contributed by atoms with E-state index in [-0.39, 0.29) is 17.7 Å². The molecule has 0 aromatic carbocycles. The summed E-state index contributed by atoms with van der Waals surface area (Å²) < 4.78 is 0. The minimum Gasteiger partial charge on any atom is -0.343 e. The molecule has 6 nitrogen and oxygen atoms in total. The van der Waals surface area contributed by atoms with E-state index in [1.54, 1.807) is 6.20 Å². The Morgan fingerprint density at radius 3 is 2.71 bits per heavy atom. The summed E-state index contributed by atoms with van der Waals surface area (Å²) in [4.78, 5) is 30.8. The molecule has 0 spiro atoms. The van der Waals surface area contributed by atoms with Crippen LogP contribution in [-0.4, -0.2) is 47.4 Å². The van der Waals surface area contributed by atoms with E-state index < -0.39 is 0 Å². The summed E-state index contributed by atoms with van der Waals surface area (Å²) in [5.41, 5.74) is 1.07. The first-order chi connectivity index (χ1) is 11.6. The molecule has 0 radical (unpaired) electrons. The zero-order valence-electron chi connectivity index (χ0n) is 14.3. The quantitative estimate of drug-likeness (QED) is 0.881. The highest BCUT2D eigenvalue weighted by Crippen LogP contribution is 2.21. The average Bonchev–Trinajstić information content (AvgIpc) is 3.10. The van der Waals surface area contributed by atoms with Crippen molar-refractivity contribution in [2.24, 2.45) is 5.92 Å². The Bertz CT molecular complexity index is 573. The maximum absolute atomic E-state index is 12.3. The summed E-state index contributed by atoms with van der Waals surface area (Å²) in [5.74, 6) is 0.780. The number of hydrogen-bond acceptors (Lipinski definition) is 4. The molecule has 2 saturated heterocycles. The van der Waals surface area contributed by atoms with Crippen molar-refractivity contribution in [1.29, 1.82) is 0 Å². The molecular formula is C18H26N4O2. The van der Waals surface area contributed by atoms with Crippen LogP contribution in [0.15, 0.2) is 18.3 Å². The number of amides is 2. The number of piperidine rings is 1. The summed E-state index contributed by atoms with van der Waals surface area (Å²) in [6.07, 6.45) is 6.03. The topological polar surface area (TPSA) is 74.3 Å². The zero-order chi connectivity index (χ0) is 16.9. The lowest BCUT2D eigenvalue weighted by molar-refractivity contribution is -0.134. The fourth-order valence-corrected chi connectivity index (χ4v) is 3.43. The van der Waals surface area contributed by atoms with Gasteiger partial charge in [-0.25, -0.2) is 4.98 Å². The number of hydrogen-bond donors (Lipinski definition) is 2. The van der Waals surface area contributed by atoms with Gasteiger partial charge in [-0.05, 0) is 50.8 Å². The van der Waals surface area contributed by atoms with Gasteiger partial charge in [0, 0.05) is 37.7 Å². The minimum absolute atomic E-state index is 0.0101. The Labute approximate surface area is 143 Å². The largest absolute Gasteiger partial charge is 0.343 e. The molecule has 1 unspecified atom stereocenters. The monoisotopic (exact) mass is 330 g/mol. The highest BCUT2D eigenvalue weighted by atomic mass is 16.2. The lowest BCUT2D eigenvalue weighted by Crippen LogP contribution is -2.43. The average molecular weight is 330 g/mol. The molecule has 3 heterocycles. The number of carbonyl (C=O) groups is 2. The van der Waals surface area contributed by atoms with Crippen LogP contribution in [0.2, 0.25) is 0 Å². The highest BCUT2D eigenvalue weighted by Gasteiger charge is 2.29. The van der Waals surface area contributed by atoms with Crippen LogP contribution in [0.25, 0.3) is 0 Å². The molecule has 0 saturated carbocycles. The van der Waals surface area contributed by atoms with E-state index in [0.717, 1.165) is 37.8 Å². The predicted molar refractivity (Wildman–Crippen MR) is 92.5 cm³/mol. The number of anilines is 1. The van der Waals surface area contributed by atoms with Gasteiger partial charge in [-0.1, -0.05) is 6.07 Å². The number of aromatic nitrogens is 1. The molecule has 1 aromatic rings. The second kappa shape index (κ2) is 7.75. The molecular weight excluding hydrogens is 304 g/mol. The van der Waals surface area contributed by atoms with Crippen molar-refractivity contribution in [3.8, 4) is 0 Å². The summed E-state index contributed by atoms with van der Waals surface area (Å²) in [6, 6.07) is 4.09. The molecule has 24 heavy (non-hydrogen) atoms. The number of nitrogens with zero attached hydrogens (tertiary/aromatic N) is 2. The molecule has 0 bridgehead atoms. The van der Waals surface area contributed by atoms with E-state index in [1.165, 1.54) is 0 Å². The van der Waals surface area contributed by atoms with Crippen molar-refractivity contribution < 1.29 is 9.59 Å². The van der Waals surface area contributed by atoms with Crippen molar-refractivity contribution in [3.05, 3.63) is 23.9 Å². The van der Waals surface area contributed by atoms with E-state index in [4.69, 9.17) is 0 Å². The number of likely N-dealkylation sites (tertiary alicyclic amines) is 1. The number of pyridine rings is 1. The van der Waals surface area contributed by atoms with Gasteiger partial charge in [-0.15, -0.1) is 0 Å². The first kappa shape index (κ1) is 16.9. The van der Waals surface area contributed by atoms with Crippen molar-refractivity contribution >= 4 is 17.6 Å². The Morgan fingerprint density at radius 2 is 2.08 bits per heavy atom. The van der Waals surface area contributed by atoms with Crippen molar-refractivity contribution in [2.45, 2.75) is 45.1 Å². The molecule has 2 aliphatic heterocycles. The van der Waals surface area contributed by atoms with Gasteiger partial charge in [-0.2, -0.15) is 0 Å². The summed E-state index contributed by atoms with van der Waals surface area (Å²) in [6.45, 7) is 4.33. The first-order valence-electron chi connectivity index (χ1n) is 8.86. The van der Waals surface area contributed by atoms with Gasteiger partial charge in [0.2, 0.25) is 11.8 Å². The third-order valence-corrected chi connectivity index (χ3v) is 4.96. The van der Waals surface area contributed by atoms with Gasteiger partial charge in [0.05, 0.1) is 0 Å². The van der Waals surface area contributed by atoms with Crippen LogP contribution in [0.1, 0.15) is 37.7 Å². The second-order valence-electron chi connectivity index (χ2n) is 6.86. The molecule has 2 N–H and O–H groups in total. The van der Waals surface area contributed by atoms with E-state index in [1.807, 2.05) is 24.0 Å². The van der Waals surface area contributed by atoms with Gasteiger partial charge in [0.15, 0.2) is 0 Å². The van der Waals surface area contributed by atoms with Gasteiger partial charge >= 0.3 is 0 Å². The molecule has 3 rings (SSSR count). The number of aryl methyl sites for hydroxylation is 1. The Morgan fingerprint density at radius 1 is 1.29 bits per heavy atom. The maximum Gasteiger partial charge on any atom is 0.228 e. The number of nitrogens with one attached hydrogen (secondary N) is 2. The Balaban J connectivity index is 1.44. The first-order valence-corrected chi connectivity index (χ1v) is 8.86. The fraction of sp³-hybridized carbons (Fsp3) is 0.611. The fourth-order valence-electron chi connectivity index (χ4n) is 3.43. The highest BCUT2D eigenvalue weighted by molar-refractivity contribution is 5.91. The summed E-state index contributed by atoms with van der Waals surface area (Å²) in [7, 11) is 0. The normalized spacial score (nSPS) is 21.7. The van der Waals surface area contributed by atoms with Crippen LogP contribution in [0.3, 0.4) is 0 Å². The van der Waals surface area contributed by atoms with Gasteiger partial charge in [-0.3, -0.25) is 9.59 Å². The minimum atomic E-state index is -0.0400. The van der Waals surface area contributed by atoms with Crippen molar-refractivity contribution in [2.75, 3.05) is 25.0 Å². The van der Waals surface area contributed by atoms with E-state index in [0.29, 0.717) is 31.4 Å². The van der Waals surface area contributed by atoms with Gasteiger partial charge in [0.1, 0.15) is 5.82 Å². The van der Waals surface area contributed by atoms with Gasteiger partial charge < -0.3 is 15.5 Å². The molecule has 0 aliphatic carbocycles. The molecule has 1 atom stereocenters. The third kappa shape index (κ3) is 4.32. The second-order valence-corrected chi connectivity index (χ2v) is 6.86. The standard InChI is InChI=1S/C18H26N4O2/c1-13-4-5-16(20-12-13)21-18(24)14-6-9-22(10-7-14)17(23)11-15-3-2-8-19-15/h4-5,12,14-15,19H,2-3,6-11H2,1H3,(H,20,21,24). The zero-order valence-corrected chi connectivity index (χ0v) is 14.3. The van der Waals surface area contributed by atoms with Crippen LogP contribution in [0, 0.1) is 12.8 Å². The molecule has 6 heteroatoms. The van der Waals surface area contributed by atoms with E-state index in [9.17, 15) is 9.59 Å². The Hall–Kier alpha value is -1.95. The molecule has 2 fully saturated rings. The molecule has 1 aromatic heterocycles. The summed E-state index contributed by atoms with van der Waals surface area (Å²) >= 11 is 0. The van der Waals surface area contributed by atoms with Crippen molar-refractivity contribution in [1.82, 2.24) is 15.2 Å². The van der Waals surface area contributed by atoms with Crippen molar-refractivity contribution in [3.63, 3.8) is 0 Å². The predicted octanol–water partition coefficient (Wildman–Crippen LogP) is 1.71. The molecule has 2 aliphatic rings. The lowest BCUT2D eigenvalue weighted by Gasteiger charge is -2.32. The smallest absolute Gasteiger partial charge is 0.228 e.